The molecule has 0 aromatic carbocycles. The molecule has 0 heterocycles. The Labute approximate surface area is 111 Å². The number of carbonyl (C=O) groups is 1. The molecule has 0 radical (unpaired) electrons. The summed E-state index contributed by atoms with van der Waals surface area (Å²) in [5.41, 5.74) is 5.58. The van der Waals surface area contributed by atoms with Gasteiger partial charge in [-0.25, -0.2) is 9.36 Å². The molecule has 0 amide bonds. The summed E-state index contributed by atoms with van der Waals surface area (Å²) in [4.78, 5) is 20.3. The molecule has 0 aromatic rings. The lowest BCUT2D eigenvalue weighted by molar-refractivity contribution is -0.137. The van der Waals surface area contributed by atoms with Crippen LogP contribution in [-0.4, -0.2) is 16.9 Å². The molecule has 3 atom stereocenters. The van der Waals surface area contributed by atoms with Crippen LogP contribution in [0, 0.1) is 5.92 Å². The summed E-state index contributed by atoms with van der Waals surface area (Å²) in [6.07, 6.45) is 4.42. The van der Waals surface area contributed by atoms with Gasteiger partial charge in [-0.1, -0.05) is 39.5 Å². The van der Waals surface area contributed by atoms with E-state index in [4.69, 9.17) is 10.6 Å². The molecule has 8 heteroatoms. The second-order valence-corrected chi connectivity index (χ2v) is 6.17. The average Bonchev–Trinajstić information content (AvgIpc) is 2.33. The lowest BCUT2D eigenvalue weighted by Gasteiger charge is -2.15. The van der Waals surface area contributed by atoms with E-state index in [9.17, 15) is 9.36 Å². The first-order valence-corrected chi connectivity index (χ1v) is 8.03. The van der Waals surface area contributed by atoms with E-state index in [0.29, 0.717) is 12.3 Å². The molecule has 0 fully saturated rings. The van der Waals surface area contributed by atoms with Crippen LogP contribution in [0.4, 0.5) is 0 Å². The summed E-state index contributed by atoms with van der Waals surface area (Å²) >= 11 is 0. The maximum Gasteiger partial charge on any atom is 0.532 e. The minimum atomic E-state index is -4.31. The van der Waals surface area contributed by atoms with Crippen LogP contribution in [-0.2, 0) is 18.2 Å². The van der Waals surface area contributed by atoms with Crippen LogP contribution in [0.2, 0.25) is 0 Å². The molecule has 0 aliphatic carbocycles. The molecule has 0 aliphatic rings. The molecule has 0 rings (SSSR count). The highest BCUT2D eigenvalue weighted by Gasteiger charge is 2.27. The zero-order chi connectivity index (χ0) is 14.2. The van der Waals surface area contributed by atoms with E-state index >= 15 is 0 Å². The lowest BCUT2D eigenvalue weighted by atomic mass is 9.95. The van der Waals surface area contributed by atoms with Crippen molar-refractivity contribution in [3.05, 3.63) is 0 Å². The van der Waals surface area contributed by atoms with Crippen molar-refractivity contribution in [3.8, 4) is 0 Å². The van der Waals surface area contributed by atoms with Gasteiger partial charge in [0.2, 0.25) is 0 Å². The highest BCUT2D eigenvalue weighted by atomic mass is 31.2. The predicted octanol–water partition coefficient (Wildman–Crippen LogP) is 2.37. The molecule has 0 aliphatic heterocycles. The number of phosphoric ester groups is 1. The minimum absolute atomic E-state index is 0.437. The summed E-state index contributed by atoms with van der Waals surface area (Å²) in [7, 11) is -2.74. The highest BCUT2D eigenvalue weighted by Crippen LogP contribution is 2.45. The van der Waals surface area contributed by atoms with Gasteiger partial charge in [-0.3, -0.25) is 9.20 Å². The van der Waals surface area contributed by atoms with Gasteiger partial charge in [0.1, 0.15) is 6.04 Å². The Morgan fingerprint density at radius 2 is 1.94 bits per heavy atom. The fourth-order valence-corrected chi connectivity index (χ4v) is 2.18. The average molecular weight is 299 g/mol. The Kier molecular flexibility index (Phi) is 9.01. The number of hydrogen-bond donors (Lipinski definition) is 2. The van der Waals surface area contributed by atoms with Crippen molar-refractivity contribution in [2.75, 3.05) is 0 Å². The first-order valence-electron chi connectivity index (χ1n) is 6.06. The minimum Gasteiger partial charge on any atom is -0.369 e. The Morgan fingerprint density at radius 3 is 2.39 bits per heavy atom. The summed E-state index contributed by atoms with van der Waals surface area (Å²) in [6, 6.07) is -0.889. The molecule has 0 aromatic heterocycles. The van der Waals surface area contributed by atoms with Crippen LogP contribution in [0.25, 0.3) is 0 Å². The van der Waals surface area contributed by atoms with Gasteiger partial charge in [-0.2, -0.15) is 0 Å². The lowest BCUT2D eigenvalue weighted by Crippen LogP contribution is -2.31. The van der Waals surface area contributed by atoms with Crippen molar-refractivity contribution in [3.63, 3.8) is 0 Å². The van der Waals surface area contributed by atoms with Crippen molar-refractivity contribution in [1.82, 2.24) is 0 Å². The number of rotatable bonds is 9. The van der Waals surface area contributed by atoms with Gasteiger partial charge in [0.25, 0.3) is 0 Å². The topological polar surface area (TPSA) is 98.9 Å². The second kappa shape index (κ2) is 9.00. The maximum absolute atomic E-state index is 11.4. The van der Waals surface area contributed by atoms with Gasteiger partial charge in [-0.15, -0.1) is 0 Å². The first-order chi connectivity index (χ1) is 8.36. The SMILES string of the molecule is CCC(CC)CCCC(N)C(=O)OP(=O)(O)OP. The van der Waals surface area contributed by atoms with Gasteiger partial charge in [0, 0.05) is 9.47 Å². The van der Waals surface area contributed by atoms with E-state index in [1.165, 1.54) is 0 Å². The number of phosphoric acid groups is 1. The van der Waals surface area contributed by atoms with Crippen LogP contribution in [0.5, 0.6) is 0 Å². The molecule has 0 saturated carbocycles. The molecule has 0 bridgehead atoms. The van der Waals surface area contributed by atoms with Crippen molar-refractivity contribution < 1.29 is 23.1 Å². The molecule has 3 unspecified atom stereocenters. The number of hydrogen-bond acceptors (Lipinski definition) is 5. The highest BCUT2D eigenvalue weighted by molar-refractivity contribution is 7.52. The van der Waals surface area contributed by atoms with Gasteiger partial charge in [0.05, 0.1) is 0 Å². The Balaban J connectivity index is 3.99. The van der Waals surface area contributed by atoms with E-state index < -0.39 is 19.8 Å². The summed E-state index contributed by atoms with van der Waals surface area (Å²) in [5, 5.41) is 0. The van der Waals surface area contributed by atoms with Crippen molar-refractivity contribution in [2.24, 2.45) is 11.7 Å². The molecule has 18 heavy (non-hydrogen) atoms. The van der Waals surface area contributed by atoms with E-state index in [-0.39, 0.29) is 0 Å². The predicted molar refractivity (Wildman–Crippen MR) is 72.6 cm³/mol. The smallest absolute Gasteiger partial charge is 0.369 e. The quantitative estimate of drug-likeness (QED) is 0.634. The van der Waals surface area contributed by atoms with Crippen LogP contribution < -0.4 is 5.73 Å². The largest absolute Gasteiger partial charge is 0.532 e. The van der Waals surface area contributed by atoms with Crippen molar-refractivity contribution in [2.45, 2.75) is 52.0 Å². The monoisotopic (exact) mass is 299 g/mol. The van der Waals surface area contributed by atoms with Crippen molar-refractivity contribution in [1.29, 1.82) is 0 Å². The molecule has 6 nitrogen and oxygen atoms in total. The van der Waals surface area contributed by atoms with Crippen molar-refractivity contribution >= 4 is 23.3 Å². The zero-order valence-electron chi connectivity index (χ0n) is 10.9. The van der Waals surface area contributed by atoms with E-state index in [0.717, 1.165) is 25.7 Å². The summed E-state index contributed by atoms with van der Waals surface area (Å²) in [6.45, 7) is 4.25. The van der Waals surface area contributed by atoms with Gasteiger partial charge >= 0.3 is 13.8 Å². The fourth-order valence-electron chi connectivity index (χ4n) is 1.64. The maximum atomic E-state index is 11.4. The summed E-state index contributed by atoms with van der Waals surface area (Å²) in [5.74, 6) is -0.277. The van der Waals surface area contributed by atoms with Gasteiger partial charge < -0.3 is 10.3 Å². The Bertz CT molecular complexity index is 296. The molecule has 3 N–H and O–H groups in total. The van der Waals surface area contributed by atoms with Gasteiger partial charge in [0.15, 0.2) is 0 Å². The van der Waals surface area contributed by atoms with Crippen LogP contribution in [0.3, 0.4) is 0 Å². The van der Waals surface area contributed by atoms with Gasteiger partial charge in [-0.05, 0) is 12.3 Å². The fraction of sp³-hybridized carbons (Fsp3) is 0.900. The molecule has 0 saturated heterocycles. The van der Waals surface area contributed by atoms with E-state index in [1.54, 1.807) is 9.47 Å². The zero-order valence-corrected chi connectivity index (χ0v) is 12.9. The molecular weight excluding hydrogens is 276 g/mol. The molecule has 0 spiro atoms. The number of nitrogens with two attached hydrogens (primary N) is 1. The third-order valence-corrected chi connectivity index (χ3v) is 4.40. The second-order valence-electron chi connectivity index (χ2n) is 4.20. The summed E-state index contributed by atoms with van der Waals surface area (Å²) < 4.78 is 19.3. The number of carbonyl (C=O) groups excluding carboxylic acids is 1. The van der Waals surface area contributed by atoms with Crippen LogP contribution >= 0.6 is 17.3 Å². The van der Waals surface area contributed by atoms with Crippen LogP contribution in [0.1, 0.15) is 46.0 Å². The first kappa shape index (κ1) is 18.0. The molecule has 108 valence electrons. The Hall–Kier alpha value is 0.01000. The standard InChI is InChI=1S/C10H23NO5P2/c1-3-8(4-2)6-5-7-9(11)10(12)15-18(13,14)16-17/h8-9H,3-7,11,17H2,1-2H3,(H,13,14). The Morgan fingerprint density at radius 1 is 1.39 bits per heavy atom. The third-order valence-electron chi connectivity index (χ3n) is 2.92. The van der Waals surface area contributed by atoms with Crippen LogP contribution in [0.15, 0.2) is 0 Å². The normalized spacial score (nSPS) is 16.3. The van der Waals surface area contributed by atoms with E-state index in [2.05, 4.69) is 22.7 Å². The van der Waals surface area contributed by atoms with E-state index in [1.807, 2.05) is 0 Å². The third kappa shape index (κ3) is 7.45. The molecular formula is C10H23NO5P2.